The topological polar surface area (TPSA) is 51.2 Å². The average Bonchev–Trinajstić information content (AvgIpc) is 2.39. The molecule has 2 aromatic heterocycles. The highest BCUT2D eigenvalue weighted by Crippen LogP contribution is 2.16. The second-order valence-corrected chi connectivity index (χ2v) is 2.16. The summed E-state index contributed by atoms with van der Waals surface area (Å²) in [5.41, 5.74) is 2.00. The smallest absolute Gasteiger partial charge is 0.214 e. The normalized spacial score (nSPS) is 10.9. The highest BCUT2D eigenvalue weighted by atomic mass is 16.5. The Morgan fingerprint density at radius 2 is 2.50 bits per heavy atom. The SMILES string of the molecule is Cc1cn(O)c2ncoc12. The number of hydrogen-bond donors (Lipinski definition) is 1. The van der Waals surface area contributed by atoms with E-state index in [2.05, 4.69) is 4.98 Å². The molecule has 0 saturated carbocycles. The minimum Gasteiger partial charge on any atom is -0.441 e. The maximum Gasteiger partial charge on any atom is 0.214 e. The van der Waals surface area contributed by atoms with Crippen molar-refractivity contribution in [2.24, 2.45) is 0 Å². The second-order valence-electron chi connectivity index (χ2n) is 2.16. The van der Waals surface area contributed by atoms with E-state index in [1.807, 2.05) is 6.92 Å². The van der Waals surface area contributed by atoms with Crippen LogP contribution in [0.15, 0.2) is 17.0 Å². The lowest BCUT2D eigenvalue weighted by Gasteiger charge is -1.83. The van der Waals surface area contributed by atoms with Gasteiger partial charge in [0.05, 0.1) is 6.20 Å². The lowest BCUT2D eigenvalue weighted by atomic mass is 10.4. The molecule has 0 spiro atoms. The quantitative estimate of drug-likeness (QED) is 0.556. The molecule has 0 aliphatic carbocycles. The Labute approximate surface area is 56.7 Å². The Morgan fingerprint density at radius 1 is 1.70 bits per heavy atom. The van der Waals surface area contributed by atoms with Gasteiger partial charge in [-0.25, -0.2) is 0 Å². The van der Waals surface area contributed by atoms with Crippen LogP contribution in [0.1, 0.15) is 5.56 Å². The van der Waals surface area contributed by atoms with Gasteiger partial charge in [-0.1, -0.05) is 0 Å². The molecule has 0 unspecified atom stereocenters. The van der Waals surface area contributed by atoms with Crippen molar-refractivity contribution in [3.05, 3.63) is 18.2 Å². The summed E-state index contributed by atoms with van der Waals surface area (Å²) in [5.74, 6) is 0. The molecule has 1 N–H and O–H groups in total. The van der Waals surface area contributed by atoms with Gasteiger partial charge in [-0.15, -0.1) is 0 Å². The van der Waals surface area contributed by atoms with Crippen LogP contribution in [0.3, 0.4) is 0 Å². The summed E-state index contributed by atoms with van der Waals surface area (Å²) in [5, 5.41) is 9.08. The number of fused-ring (bicyclic) bond motifs is 1. The van der Waals surface area contributed by atoms with Crippen molar-refractivity contribution >= 4 is 11.2 Å². The molecule has 0 saturated heterocycles. The Bertz CT molecular complexity index is 329. The second kappa shape index (κ2) is 1.53. The molecular formula is C6H6N2O2. The summed E-state index contributed by atoms with van der Waals surface area (Å²) in [4.78, 5) is 3.79. The molecule has 0 amide bonds. The summed E-state index contributed by atoms with van der Waals surface area (Å²) < 4.78 is 5.93. The Kier molecular flexibility index (Phi) is 0.818. The molecular weight excluding hydrogens is 132 g/mol. The minimum atomic E-state index is 0.470. The van der Waals surface area contributed by atoms with Crippen LogP contribution in [0.25, 0.3) is 11.2 Å². The highest BCUT2D eigenvalue weighted by molar-refractivity contribution is 5.72. The van der Waals surface area contributed by atoms with Crippen LogP contribution in [0.4, 0.5) is 0 Å². The molecule has 0 fully saturated rings. The van der Waals surface area contributed by atoms with Crippen molar-refractivity contribution in [3.8, 4) is 0 Å². The summed E-state index contributed by atoms with van der Waals surface area (Å²) in [6.45, 7) is 1.85. The fraction of sp³-hybridized carbons (Fsp3) is 0.167. The summed E-state index contributed by atoms with van der Waals surface area (Å²) in [6.07, 6.45) is 2.87. The zero-order valence-corrected chi connectivity index (χ0v) is 5.40. The van der Waals surface area contributed by atoms with E-state index in [-0.39, 0.29) is 0 Å². The maximum atomic E-state index is 9.08. The van der Waals surface area contributed by atoms with Gasteiger partial charge in [0.1, 0.15) is 0 Å². The first kappa shape index (κ1) is 5.34. The number of oxazole rings is 1. The van der Waals surface area contributed by atoms with Crippen molar-refractivity contribution in [1.29, 1.82) is 0 Å². The summed E-state index contributed by atoms with van der Waals surface area (Å²) in [6, 6.07) is 0. The van der Waals surface area contributed by atoms with Crippen LogP contribution in [-0.4, -0.2) is 14.9 Å². The lowest BCUT2D eigenvalue weighted by Crippen LogP contribution is -1.85. The molecule has 0 aliphatic rings. The molecule has 2 rings (SSSR count). The van der Waals surface area contributed by atoms with Crippen LogP contribution in [0.5, 0.6) is 0 Å². The molecule has 10 heavy (non-hydrogen) atoms. The van der Waals surface area contributed by atoms with Crippen LogP contribution in [0.2, 0.25) is 0 Å². The lowest BCUT2D eigenvalue weighted by molar-refractivity contribution is 0.198. The van der Waals surface area contributed by atoms with E-state index in [9.17, 15) is 0 Å². The monoisotopic (exact) mass is 138 g/mol. The Hall–Kier alpha value is -1.45. The highest BCUT2D eigenvalue weighted by Gasteiger charge is 2.07. The first-order valence-corrected chi connectivity index (χ1v) is 2.89. The van der Waals surface area contributed by atoms with Crippen molar-refractivity contribution in [2.75, 3.05) is 0 Å². The third-order valence-corrected chi connectivity index (χ3v) is 1.44. The number of nitrogens with zero attached hydrogens (tertiary/aromatic N) is 2. The molecule has 52 valence electrons. The average molecular weight is 138 g/mol. The van der Waals surface area contributed by atoms with Gasteiger partial charge >= 0.3 is 0 Å². The molecule has 0 aliphatic heterocycles. The summed E-state index contributed by atoms with van der Waals surface area (Å²) in [7, 11) is 0. The van der Waals surface area contributed by atoms with Gasteiger partial charge in [0.15, 0.2) is 12.0 Å². The van der Waals surface area contributed by atoms with Crippen LogP contribution >= 0.6 is 0 Å². The number of rotatable bonds is 0. The molecule has 2 heterocycles. The van der Waals surface area contributed by atoms with Crippen LogP contribution in [0, 0.1) is 6.92 Å². The van der Waals surface area contributed by atoms with Gasteiger partial charge in [0, 0.05) is 5.56 Å². The molecule has 0 atom stereocenters. The molecule has 0 aromatic carbocycles. The van der Waals surface area contributed by atoms with Gasteiger partial charge in [0.2, 0.25) is 5.65 Å². The van der Waals surface area contributed by atoms with Gasteiger partial charge in [-0.2, -0.15) is 9.71 Å². The third-order valence-electron chi connectivity index (χ3n) is 1.44. The van der Waals surface area contributed by atoms with E-state index in [1.165, 1.54) is 6.39 Å². The first-order chi connectivity index (χ1) is 4.79. The first-order valence-electron chi connectivity index (χ1n) is 2.89. The molecule has 2 aromatic rings. The van der Waals surface area contributed by atoms with Gasteiger partial charge in [-0.3, -0.25) is 0 Å². The van der Waals surface area contributed by atoms with Crippen LogP contribution < -0.4 is 0 Å². The van der Waals surface area contributed by atoms with E-state index >= 15 is 0 Å². The van der Waals surface area contributed by atoms with Crippen molar-refractivity contribution in [2.45, 2.75) is 6.92 Å². The van der Waals surface area contributed by atoms with Gasteiger partial charge in [0.25, 0.3) is 0 Å². The summed E-state index contributed by atoms with van der Waals surface area (Å²) >= 11 is 0. The van der Waals surface area contributed by atoms with Crippen molar-refractivity contribution < 1.29 is 9.62 Å². The number of aryl methyl sites for hydroxylation is 1. The van der Waals surface area contributed by atoms with E-state index in [1.54, 1.807) is 6.20 Å². The van der Waals surface area contributed by atoms with Gasteiger partial charge in [-0.05, 0) is 6.92 Å². The molecule has 0 bridgehead atoms. The number of aromatic nitrogens is 2. The molecule has 4 heteroatoms. The Morgan fingerprint density at radius 3 is 3.20 bits per heavy atom. The predicted molar refractivity (Wildman–Crippen MR) is 33.9 cm³/mol. The largest absolute Gasteiger partial charge is 0.441 e. The third kappa shape index (κ3) is 0.478. The molecule has 0 radical (unpaired) electrons. The number of hydrogen-bond acceptors (Lipinski definition) is 3. The van der Waals surface area contributed by atoms with Crippen molar-refractivity contribution in [1.82, 2.24) is 9.71 Å². The standard InChI is InChI=1S/C6H6N2O2/c1-4-2-8(9)6-5(4)10-3-7-6/h2-3,9H,1H3. The zero-order valence-electron chi connectivity index (χ0n) is 5.40. The van der Waals surface area contributed by atoms with E-state index in [0.29, 0.717) is 11.2 Å². The zero-order chi connectivity index (χ0) is 7.14. The Balaban J connectivity index is 2.98. The maximum absolute atomic E-state index is 9.08. The van der Waals surface area contributed by atoms with Crippen LogP contribution in [-0.2, 0) is 0 Å². The van der Waals surface area contributed by atoms with Gasteiger partial charge < -0.3 is 9.62 Å². The van der Waals surface area contributed by atoms with E-state index in [0.717, 1.165) is 10.3 Å². The van der Waals surface area contributed by atoms with E-state index < -0.39 is 0 Å². The fourth-order valence-electron chi connectivity index (χ4n) is 0.976. The minimum absolute atomic E-state index is 0.470. The van der Waals surface area contributed by atoms with Crippen molar-refractivity contribution in [3.63, 3.8) is 0 Å². The fourth-order valence-corrected chi connectivity index (χ4v) is 0.976. The predicted octanol–water partition coefficient (Wildman–Crippen LogP) is 1.18. The van der Waals surface area contributed by atoms with E-state index in [4.69, 9.17) is 9.62 Å². The molecule has 4 nitrogen and oxygen atoms in total.